The van der Waals surface area contributed by atoms with Gasteiger partial charge in [-0.05, 0) is 38.6 Å². The summed E-state index contributed by atoms with van der Waals surface area (Å²) in [5, 5.41) is 7.39. The minimum atomic E-state index is -3.48. The molecule has 1 heterocycles. The molecule has 0 aliphatic heterocycles. The molecule has 1 unspecified atom stereocenters. The number of nitrogens with zero attached hydrogens (tertiary/aromatic N) is 2. The van der Waals surface area contributed by atoms with Crippen LogP contribution in [-0.4, -0.2) is 38.3 Å². The lowest BCUT2D eigenvalue weighted by molar-refractivity contribution is 0.536. The third kappa shape index (κ3) is 3.46. The summed E-state index contributed by atoms with van der Waals surface area (Å²) in [4.78, 5) is 0.331. The second-order valence-electron chi connectivity index (χ2n) is 6.57. The maximum Gasteiger partial charge on any atom is 0.244 e. The second-order valence-corrected chi connectivity index (χ2v) is 8.27. The normalized spacial score (nSPS) is 20.7. The Balaban J connectivity index is 2.14. The van der Waals surface area contributed by atoms with Crippen molar-refractivity contribution in [1.29, 1.82) is 0 Å². The first-order valence-corrected chi connectivity index (χ1v) is 8.85. The molecule has 1 fully saturated rings. The lowest BCUT2D eigenvalue weighted by Gasteiger charge is -2.09. The van der Waals surface area contributed by atoms with Crippen molar-refractivity contribution in [3.63, 3.8) is 0 Å². The number of aromatic nitrogens is 2. The molecule has 120 valence electrons. The van der Waals surface area contributed by atoms with E-state index in [0.717, 1.165) is 13.0 Å². The summed E-state index contributed by atoms with van der Waals surface area (Å²) in [7, 11) is -1.62. The van der Waals surface area contributed by atoms with E-state index in [1.54, 1.807) is 11.6 Å². The van der Waals surface area contributed by atoms with Crippen molar-refractivity contribution in [3.05, 3.63) is 11.4 Å². The molecular formula is C14H26N4O2S. The summed E-state index contributed by atoms with van der Waals surface area (Å²) >= 11 is 0. The maximum atomic E-state index is 12.5. The van der Waals surface area contributed by atoms with Crippen LogP contribution in [0, 0.1) is 25.2 Å². The van der Waals surface area contributed by atoms with Gasteiger partial charge in [-0.15, -0.1) is 0 Å². The molecule has 1 saturated carbocycles. The van der Waals surface area contributed by atoms with Crippen molar-refractivity contribution in [3.8, 4) is 0 Å². The Kier molecular flexibility index (Phi) is 4.46. The van der Waals surface area contributed by atoms with Crippen molar-refractivity contribution in [2.45, 2.75) is 45.6 Å². The van der Waals surface area contributed by atoms with Crippen LogP contribution in [0.3, 0.4) is 0 Å². The zero-order valence-electron chi connectivity index (χ0n) is 13.5. The molecule has 7 heteroatoms. The minimum Gasteiger partial charge on any atom is -0.318 e. The molecule has 1 aliphatic carbocycles. The van der Waals surface area contributed by atoms with Gasteiger partial charge < -0.3 is 5.32 Å². The van der Waals surface area contributed by atoms with Gasteiger partial charge in [-0.2, -0.15) is 5.10 Å². The molecule has 6 nitrogen and oxygen atoms in total. The third-order valence-corrected chi connectivity index (χ3v) is 6.07. The molecule has 1 aromatic rings. The van der Waals surface area contributed by atoms with E-state index in [9.17, 15) is 8.42 Å². The summed E-state index contributed by atoms with van der Waals surface area (Å²) in [5.41, 5.74) is 1.53. The van der Waals surface area contributed by atoms with Gasteiger partial charge >= 0.3 is 0 Å². The number of rotatable bonds is 7. The van der Waals surface area contributed by atoms with E-state index < -0.39 is 10.0 Å². The molecule has 2 rings (SSSR count). The Labute approximate surface area is 127 Å². The molecule has 1 aromatic heterocycles. The van der Waals surface area contributed by atoms with Crippen LogP contribution in [-0.2, 0) is 16.6 Å². The number of hydrogen-bond donors (Lipinski definition) is 2. The van der Waals surface area contributed by atoms with Gasteiger partial charge in [0.2, 0.25) is 10.0 Å². The van der Waals surface area contributed by atoms with Crippen LogP contribution >= 0.6 is 0 Å². The lowest BCUT2D eigenvalue weighted by Crippen LogP contribution is -2.28. The first-order chi connectivity index (χ1) is 9.69. The van der Waals surface area contributed by atoms with E-state index in [0.29, 0.717) is 35.3 Å². The van der Waals surface area contributed by atoms with E-state index in [4.69, 9.17) is 0 Å². The summed E-state index contributed by atoms with van der Waals surface area (Å²) < 4.78 is 29.5. The molecule has 0 amide bonds. The van der Waals surface area contributed by atoms with E-state index in [1.165, 1.54) is 0 Å². The Morgan fingerprint density at radius 1 is 1.38 bits per heavy atom. The zero-order chi connectivity index (χ0) is 15.8. The van der Waals surface area contributed by atoms with E-state index in [2.05, 4.69) is 29.0 Å². The molecule has 1 atom stereocenters. The number of aryl methyl sites for hydroxylation is 1. The van der Waals surface area contributed by atoms with Gasteiger partial charge in [-0.25, -0.2) is 13.1 Å². The maximum absolute atomic E-state index is 12.5. The average molecular weight is 314 g/mol. The number of likely N-dealkylation sites (N-methyl/N-ethyl adjacent to an activating group) is 1. The fraction of sp³-hybridized carbons (Fsp3) is 0.786. The van der Waals surface area contributed by atoms with Crippen LogP contribution in [0.25, 0.3) is 0 Å². The van der Waals surface area contributed by atoms with E-state index >= 15 is 0 Å². The van der Waals surface area contributed by atoms with Crippen LogP contribution in [0.5, 0.6) is 0 Å². The molecule has 2 N–H and O–H groups in total. The number of nitrogens with one attached hydrogen (secondary N) is 2. The number of hydrogen-bond acceptors (Lipinski definition) is 4. The predicted molar refractivity (Wildman–Crippen MR) is 82.7 cm³/mol. The molecule has 0 aromatic carbocycles. The van der Waals surface area contributed by atoms with Gasteiger partial charge in [0.15, 0.2) is 0 Å². The van der Waals surface area contributed by atoms with Crippen LogP contribution in [0.2, 0.25) is 0 Å². The van der Waals surface area contributed by atoms with Crippen molar-refractivity contribution in [2.75, 3.05) is 20.1 Å². The average Bonchev–Trinajstić information content (AvgIpc) is 2.88. The van der Waals surface area contributed by atoms with E-state index in [-0.39, 0.29) is 5.41 Å². The Hall–Kier alpha value is -0.920. The Morgan fingerprint density at radius 2 is 2.00 bits per heavy atom. The van der Waals surface area contributed by atoms with E-state index in [1.807, 2.05) is 14.0 Å². The zero-order valence-corrected chi connectivity index (χ0v) is 14.3. The highest BCUT2D eigenvalue weighted by Crippen LogP contribution is 2.51. The van der Waals surface area contributed by atoms with Gasteiger partial charge in [0.05, 0.1) is 17.9 Å². The minimum absolute atomic E-state index is 0.267. The van der Waals surface area contributed by atoms with Crippen molar-refractivity contribution in [1.82, 2.24) is 19.8 Å². The second kappa shape index (κ2) is 5.70. The first kappa shape index (κ1) is 16.5. The predicted octanol–water partition coefficient (Wildman–Crippen LogP) is 1.04. The molecule has 0 radical (unpaired) electrons. The van der Waals surface area contributed by atoms with Crippen molar-refractivity contribution >= 4 is 10.0 Å². The molecule has 0 spiro atoms. The van der Waals surface area contributed by atoms with Gasteiger partial charge in [0.25, 0.3) is 0 Å². The van der Waals surface area contributed by atoms with Crippen molar-refractivity contribution in [2.24, 2.45) is 11.3 Å². The van der Waals surface area contributed by atoms with Crippen LogP contribution in [0.1, 0.15) is 31.7 Å². The van der Waals surface area contributed by atoms with Crippen molar-refractivity contribution < 1.29 is 8.42 Å². The van der Waals surface area contributed by atoms with Gasteiger partial charge in [-0.3, -0.25) is 4.68 Å². The fourth-order valence-electron chi connectivity index (χ4n) is 2.71. The summed E-state index contributed by atoms with van der Waals surface area (Å²) in [6, 6.07) is 0. The largest absolute Gasteiger partial charge is 0.318 e. The molecular weight excluding hydrogens is 288 g/mol. The highest BCUT2D eigenvalue weighted by molar-refractivity contribution is 7.89. The fourth-order valence-corrected chi connectivity index (χ4v) is 4.20. The standard InChI is InChI=1S/C14H26N4O2S/c1-10-13(11(2)18(17-10)7-6-15-5)21(19,20)16-9-12-8-14(12,3)4/h12,15-16H,6-9H2,1-5H3. The monoisotopic (exact) mass is 314 g/mol. The summed E-state index contributed by atoms with van der Waals surface area (Å²) in [6.45, 7) is 9.82. The van der Waals surface area contributed by atoms with Crippen LogP contribution in [0.15, 0.2) is 4.90 Å². The van der Waals surface area contributed by atoms with Crippen LogP contribution < -0.4 is 10.0 Å². The van der Waals surface area contributed by atoms with Crippen LogP contribution in [0.4, 0.5) is 0 Å². The summed E-state index contributed by atoms with van der Waals surface area (Å²) in [5.74, 6) is 0.437. The highest BCUT2D eigenvalue weighted by Gasteiger charge is 2.45. The molecule has 21 heavy (non-hydrogen) atoms. The highest BCUT2D eigenvalue weighted by atomic mass is 32.2. The molecule has 1 aliphatic rings. The lowest BCUT2D eigenvalue weighted by atomic mass is 10.1. The Morgan fingerprint density at radius 3 is 2.52 bits per heavy atom. The molecule has 0 saturated heterocycles. The molecule has 0 bridgehead atoms. The third-order valence-electron chi connectivity index (χ3n) is 4.39. The quantitative estimate of drug-likeness (QED) is 0.788. The van der Waals surface area contributed by atoms with Gasteiger partial charge in [-0.1, -0.05) is 13.8 Å². The number of sulfonamides is 1. The van der Waals surface area contributed by atoms with Gasteiger partial charge in [0.1, 0.15) is 4.90 Å². The first-order valence-electron chi connectivity index (χ1n) is 7.37. The Bertz CT molecular complexity index is 619. The SMILES string of the molecule is CNCCn1nc(C)c(S(=O)(=O)NCC2CC2(C)C)c1C. The smallest absolute Gasteiger partial charge is 0.244 e. The van der Waals surface area contributed by atoms with Gasteiger partial charge in [0, 0.05) is 13.1 Å². The summed E-state index contributed by atoms with van der Waals surface area (Å²) in [6.07, 6.45) is 1.08. The topological polar surface area (TPSA) is 76.0 Å².